The average Bonchev–Trinajstić information content (AvgIpc) is 2.29. The van der Waals surface area contributed by atoms with Gasteiger partial charge in [0.25, 0.3) is 0 Å². The van der Waals surface area contributed by atoms with Gasteiger partial charge in [-0.25, -0.2) is 0 Å². The molecule has 0 fully saturated rings. The maximum Gasteiger partial charge on any atom is 0.102 e. The van der Waals surface area contributed by atoms with E-state index in [0.29, 0.717) is 0 Å². The summed E-state index contributed by atoms with van der Waals surface area (Å²) in [5.41, 5.74) is 2.83. The van der Waals surface area contributed by atoms with Crippen molar-refractivity contribution < 1.29 is 0 Å². The number of nitrogens with zero attached hydrogens (tertiary/aromatic N) is 1. The summed E-state index contributed by atoms with van der Waals surface area (Å²) >= 11 is 5.18. The van der Waals surface area contributed by atoms with Crippen molar-refractivity contribution in [2.24, 2.45) is 10.4 Å². The van der Waals surface area contributed by atoms with Crippen LogP contribution >= 0.6 is 27.7 Å². The van der Waals surface area contributed by atoms with Gasteiger partial charge in [-0.15, -0.1) is 0 Å². The minimum Gasteiger partial charge on any atom is -0.273 e. The zero-order valence-corrected chi connectivity index (χ0v) is 12.7. The molecule has 0 aliphatic carbocycles. The van der Waals surface area contributed by atoms with Crippen LogP contribution in [0, 0.1) is 5.41 Å². The van der Waals surface area contributed by atoms with Gasteiger partial charge in [0.15, 0.2) is 0 Å². The van der Waals surface area contributed by atoms with Gasteiger partial charge in [-0.05, 0) is 28.5 Å². The third kappa shape index (κ3) is 3.23. The Morgan fingerprint density at radius 1 is 1.18 bits per heavy atom. The highest BCUT2D eigenvalue weighted by atomic mass is 79.9. The second kappa shape index (κ2) is 4.99. The fraction of sp³-hybridized carbons (Fsp3) is 0.357. The van der Waals surface area contributed by atoms with E-state index in [1.54, 1.807) is 11.8 Å². The molecule has 0 aromatic heterocycles. The molecule has 1 aromatic rings. The summed E-state index contributed by atoms with van der Waals surface area (Å²) in [5, 5.41) is 3.37. The molecule has 0 unspecified atom stereocenters. The summed E-state index contributed by atoms with van der Waals surface area (Å²) in [5.74, 6) is 0. The van der Waals surface area contributed by atoms with Crippen LogP contribution in [-0.4, -0.2) is 11.6 Å². The first-order valence-corrected chi connectivity index (χ1v) is 7.30. The average molecular weight is 310 g/mol. The van der Waals surface area contributed by atoms with Crippen molar-refractivity contribution in [2.45, 2.75) is 20.8 Å². The lowest BCUT2D eigenvalue weighted by Crippen LogP contribution is -2.15. The van der Waals surface area contributed by atoms with Gasteiger partial charge >= 0.3 is 0 Å². The van der Waals surface area contributed by atoms with E-state index in [1.165, 1.54) is 11.1 Å². The Labute approximate surface area is 116 Å². The highest BCUT2D eigenvalue weighted by Crippen LogP contribution is 2.32. The van der Waals surface area contributed by atoms with Gasteiger partial charge in [-0.3, -0.25) is 4.99 Å². The molecule has 2 rings (SSSR count). The van der Waals surface area contributed by atoms with Crippen molar-refractivity contribution in [1.29, 1.82) is 0 Å². The minimum absolute atomic E-state index is 0.224. The SMILES string of the molecule is CC(C)(C)C1=CSC(c2ccc(Br)cc2)=NC1. The van der Waals surface area contributed by atoms with Crippen molar-refractivity contribution in [1.82, 2.24) is 0 Å². The summed E-state index contributed by atoms with van der Waals surface area (Å²) in [6.45, 7) is 7.53. The molecule has 0 saturated carbocycles. The molecule has 1 aliphatic rings. The molecule has 0 N–H and O–H groups in total. The predicted octanol–water partition coefficient (Wildman–Crippen LogP) is 4.87. The van der Waals surface area contributed by atoms with Crippen LogP contribution in [0.4, 0.5) is 0 Å². The first-order chi connectivity index (χ1) is 7.97. The van der Waals surface area contributed by atoms with Crippen LogP contribution < -0.4 is 0 Å². The molecule has 17 heavy (non-hydrogen) atoms. The van der Waals surface area contributed by atoms with E-state index < -0.39 is 0 Å². The van der Waals surface area contributed by atoms with Gasteiger partial charge in [0, 0.05) is 10.0 Å². The van der Waals surface area contributed by atoms with Crippen LogP contribution in [0.1, 0.15) is 26.3 Å². The van der Waals surface area contributed by atoms with Crippen LogP contribution in [0.5, 0.6) is 0 Å². The van der Waals surface area contributed by atoms with Crippen LogP contribution in [0.2, 0.25) is 0 Å². The van der Waals surface area contributed by atoms with E-state index >= 15 is 0 Å². The number of hydrogen-bond donors (Lipinski definition) is 0. The summed E-state index contributed by atoms with van der Waals surface area (Å²) in [6.07, 6.45) is 0. The van der Waals surface area contributed by atoms with E-state index in [2.05, 4.69) is 71.4 Å². The van der Waals surface area contributed by atoms with Crippen LogP contribution in [0.25, 0.3) is 0 Å². The molecular formula is C14H16BrNS. The van der Waals surface area contributed by atoms with E-state index in [1.807, 2.05) is 0 Å². The minimum atomic E-state index is 0.224. The molecule has 3 heteroatoms. The number of hydrogen-bond acceptors (Lipinski definition) is 2. The topological polar surface area (TPSA) is 12.4 Å². The third-order valence-electron chi connectivity index (χ3n) is 2.76. The summed E-state index contributed by atoms with van der Waals surface area (Å²) < 4.78 is 1.11. The van der Waals surface area contributed by atoms with E-state index in [4.69, 9.17) is 0 Å². The Kier molecular flexibility index (Phi) is 3.79. The quantitative estimate of drug-likeness (QED) is 0.720. The second-order valence-corrected chi connectivity index (χ2v) is 6.91. The van der Waals surface area contributed by atoms with E-state index in [0.717, 1.165) is 16.1 Å². The third-order valence-corrected chi connectivity index (χ3v) is 4.28. The normalized spacial score (nSPS) is 16.5. The molecule has 0 saturated heterocycles. The van der Waals surface area contributed by atoms with Gasteiger partial charge in [0.1, 0.15) is 5.04 Å². The number of halogens is 1. The van der Waals surface area contributed by atoms with Crippen LogP contribution in [0.3, 0.4) is 0 Å². The van der Waals surface area contributed by atoms with Gasteiger partial charge < -0.3 is 0 Å². The summed E-state index contributed by atoms with van der Waals surface area (Å²) in [7, 11) is 0. The van der Waals surface area contributed by atoms with Crippen molar-refractivity contribution in [3.05, 3.63) is 45.3 Å². The van der Waals surface area contributed by atoms with Gasteiger partial charge in [0.05, 0.1) is 6.54 Å². The molecule has 1 aliphatic heterocycles. The number of benzene rings is 1. The lowest BCUT2D eigenvalue weighted by molar-refractivity contribution is 0.496. The Bertz CT molecular complexity index is 466. The van der Waals surface area contributed by atoms with Gasteiger partial charge in [-0.1, -0.05) is 60.6 Å². The molecule has 1 nitrogen and oxygen atoms in total. The van der Waals surface area contributed by atoms with Crippen molar-refractivity contribution in [3.8, 4) is 0 Å². The largest absolute Gasteiger partial charge is 0.273 e. The van der Waals surface area contributed by atoms with Crippen molar-refractivity contribution >= 4 is 32.7 Å². The molecule has 0 radical (unpaired) electrons. The Morgan fingerprint density at radius 2 is 1.82 bits per heavy atom. The zero-order valence-electron chi connectivity index (χ0n) is 10.3. The zero-order chi connectivity index (χ0) is 12.5. The van der Waals surface area contributed by atoms with Crippen LogP contribution in [0.15, 0.2) is 44.7 Å². The first-order valence-electron chi connectivity index (χ1n) is 5.63. The second-order valence-electron chi connectivity index (χ2n) is 5.14. The maximum atomic E-state index is 4.67. The molecule has 0 amide bonds. The lowest BCUT2D eigenvalue weighted by atomic mass is 9.87. The smallest absolute Gasteiger partial charge is 0.102 e. The Hall–Kier alpha value is -0.540. The number of thioether (sulfide) groups is 1. The number of aliphatic imine (C=N–C) groups is 1. The standard InChI is InChI=1S/C14H16BrNS/c1-14(2,3)11-8-16-13(17-9-11)10-4-6-12(15)7-5-10/h4-7,9H,8H2,1-3H3. The molecular weight excluding hydrogens is 294 g/mol. The highest BCUT2D eigenvalue weighted by Gasteiger charge is 2.20. The fourth-order valence-electron chi connectivity index (χ4n) is 1.52. The van der Waals surface area contributed by atoms with Crippen LogP contribution in [-0.2, 0) is 0 Å². The first kappa shape index (κ1) is 12.9. The molecule has 0 spiro atoms. The maximum absolute atomic E-state index is 4.67. The van der Waals surface area contributed by atoms with Gasteiger partial charge in [-0.2, -0.15) is 0 Å². The molecule has 0 atom stereocenters. The van der Waals surface area contributed by atoms with Gasteiger partial charge in [0.2, 0.25) is 0 Å². The predicted molar refractivity (Wildman–Crippen MR) is 80.7 cm³/mol. The Morgan fingerprint density at radius 3 is 2.29 bits per heavy atom. The highest BCUT2D eigenvalue weighted by molar-refractivity contribution is 9.10. The van der Waals surface area contributed by atoms with E-state index in [-0.39, 0.29) is 5.41 Å². The molecule has 0 bridgehead atoms. The molecule has 1 aromatic carbocycles. The molecule has 90 valence electrons. The number of rotatable bonds is 1. The molecule has 1 heterocycles. The fourth-order valence-corrected chi connectivity index (χ4v) is 2.88. The summed E-state index contributed by atoms with van der Waals surface area (Å²) in [6, 6.07) is 8.32. The van der Waals surface area contributed by atoms with Crippen molar-refractivity contribution in [2.75, 3.05) is 6.54 Å². The van der Waals surface area contributed by atoms with E-state index in [9.17, 15) is 0 Å². The monoisotopic (exact) mass is 309 g/mol. The Balaban J connectivity index is 2.14. The lowest BCUT2D eigenvalue weighted by Gasteiger charge is -2.24. The van der Waals surface area contributed by atoms with Crippen molar-refractivity contribution in [3.63, 3.8) is 0 Å². The summed E-state index contributed by atoms with van der Waals surface area (Å²) in [4.78, 5) is 4.67.